The molecule has 0 aliphatic heterocycles. The number of furan rings is 1. The molecule has 92 valence electrons. The number of Topliss-reactive ketones (excluding diaryl/α,β-unsaturated/α-hetero) is 1. The number of hydrogen-bond donors (Lipinski definition) is 1. The van der Waals surface area contributed by atoms with Crippen molar-refractivity contribution in [1.29, 1.82) is 0 Å². The van der Waals surface area contributed by atoms with Crippen LogP contribution in [0.5, 0.6) is 0 Å². The summed E-state index contributed by atoms with van der Waals surface area (Å²) in [5, 5.41) is 2.54. The Morgan fingerprint density at radius 3 is 2.50 bits per heavy atom. The van der Waals surface area contributed by atoms with Gasteiger partial charge in [0.05, 0.1) is 12.8 Å². The maximum absolute atomic E-state index is 11.8. The van der Waals surface area contributed by atoms with Gasteiger partial charge in [-0.05, 0) is 13.0 Å². The molecule has 2 rings (SSSR count). The first-order valence-corrected chi connectivity index (χ1v) is 5.59. The Morgan fingerprint density at radius 1 is 1.17 bits per heavy atom. The molecule has 1 aromatic carbocycles. The van der Waals surface area contributed by atoms with Crippen LogP contribution >= 0.6 is 0 Å². The van der Waals surface area contributed by atoms with E-state index < -0.39 is 0 Å². The predicted molar refractivity (Wildman–Crippen MR) is 66.6 cm³/mol. The number of nitrogens with one attached hydrogen (secondary N) is 1. The molecule has 4 nitrogen and oxygen atoms in total. The molecule has 1 N–H and O–H groups in total. The summed E-state index contributed by atoms with van der Waals surface area (Å²) in [5.41, 5.74) is 1.33. The Morgan fingerprint density at radius 2 is 1.89 bits per heavy atom. The number of benzene rings is 1. The standard InChI is InChI=1S/C14H13NO3/c1-10-7-8-18-13(10)14(17)15-9-12(16)11-5-3-2-4-6-11/h2-8H,9H2,1H3,(H,15,17). The quantitative estimate of drug-likeness (QED) is 0.837. The number of hydrogen-bond acceptors (Lipinski definition) is 3. The molecule has 0 bridgehead atoms. The van der Waals surface area contributed by atoms with Crippen molar-refractivity contribution in [3.05, 3.63) is 59.5 Å². The molecular weight excluding hydrogens is 230 g/mol. The fourth-order valence-electron chi connectivity index (χ4n) is 1.57. The Labute approximate surface area is 105 Å². The molecular formula is C14H13NO3. The van der Waals surface area contributed by atoms with Gasteiger partial charge in [-0.15, -0.1) is 0 Å². The van der Waals surface area contributed by atoms with Crippen molar-refractivity contribution in [2.75, 3.05) is 6.54 Å². The van der Waals surface area contributed by atoms with Gasteiger partial charge in [-0.25, -0.2) is 0 Å². The van der Waals surface area contributed by atoms with Crippen LogP contribution in [0.25, 0.3) is 0 Å². The molecule has 1 heterocycles. The van der Waals surface area contributed by atoms with E-state index in [0.29, 0.717) is 5.56 Å². The van der Waals surface area contributed by atoms with Gasteiger partial charge in [0.15, 0.2) is 11.5 Å². The van der Waals surface area contributed by atoms with Gasteiger partial charge in [0.2, 0.25) is 0 Å². The second-order valence-corrected chi connectivity index (χ2v) is 3.90. The van der Waals surface area contributed by atoms with Gasteiger partial charge in [-0.1, -0.05) is 30.3 Å². The summed E-state index contributed by atoms with van der Waals surface area (Å²) < 4.78 is 5.04. The maximum atomic E-state index is 11.8. The van der Waals surface area contributed by atoms with Gasteiger partial charge in [0.1, 0.15) is 0 Å². The summed E-state index contributed by atoms with van der Waals surface area (Å²) >= 11 is 0. The normalized spacial score (nSPS) is 10.1. The van der Waals surface area contributed by atoms with Crippen LogP contribution < -0.4 is 5.32 Å². The van der Waals surface area contributed by atoms with Crippen molar-refractivity contribution in [3.63, 3.8) is 0 Å². The largest absolute Gasteiger partial charge is 0.459 e. The minimum Gasteiger partial charge on any atom is -0.459 e. The topological polar surface area (TPSA) is 59.3 Å². The second kappa shape index (κ2) is 5.31. The molecule has 1 amide bonds. The molecule has 0 saturated heterocycles. The number of amides is 1. The number of rotatable bonds is 4. The molecule has 2 aromatic rings. The third-order valence-electron chi connectivity index (χ3n) is 2.57. The summed E-state index contributed by atoms with van der Waals surface area (Å²) in [4.78, 5) is 23.5. The first-order valence-electron chi connectivity index (χ1n) is 5.59. The fourth-order valence-corrected chi connectivity index (χ4v) is 1.57. The van der Waals surface area contributed by atoms with E-state index in [1.54, 1.807) is 37.3 Å². The Balaban J connectivity index is 1.95. The van der Waals surface area contributed by atoms with Crippen LogP contribution in [0.3, 0.4) is 0 Å². The molecule has 0 spiro atoms. The minimum absolute atomic E-state index is 0.0387. The van der Waals surface area contributed by atoms with Crippen molar-refractivity contribution in [1.82, 2.24) is 5.32 Å². The highest BCUT2D eigenvalue weighted by molar-refractivity contribution is 6.01. The van der Waals surface area contributed by atoms with Gasteiger partial charge in [-0.3, -0.25) is 9.59 Å². The average molecular weight is 243 g/mol. The van der Waals surface area contributed by atoms with Crippen LogP contribution in [0.15, 0.2) is 47.1 Å². The highest BCUT2D eigenvalue weighted by Crippen LogP contribution is 2.08. The number of ketones is 1. The first kappa shape index (κ1) is 12.1. The fraction of sp³-hybridized carbons (Fsp3) is 0.143. The number of aryl methyl sites for hydroxylation is 1. The summed E-state index contributed by atoms with van der Waals surface area (Å²) in [6, 6.07) is 10.5. The maximum Gasteiger partial charge on any atom is 0.287 e. The zero-order valence-corrected chi connectivity index (χ0v) is 9.97. The molecule has 0 aliphatic carbocycles. The molecule has 0 atom stereocenters. The molecule has 4 heteroatoms. The van der Waals surface area contributed by atoms with Crippen LogP contribution in [0.4, 0.5) is 0 Å². The van der Waals surface area contributed by atoms with E-state index in [-0.39, 0.29) is 24.0 Å². The lowest BCUT2D eigenvalue weighted by Crippen LogP contribution is -2.29. The van der Waals surface area contributed by atoms with Gasteiger partial charge < -0.3 is 9.73 Å². The average Bonchev–Trinajstić information content (AvgIpc) is 2.83. The van der Waals surface area contributed by atoms with E-state index in [2.05, 4.69) is 5.32 Å². The van der Waals surface area contributed by atoms with Crippen LogP contribution in [0, 0.1) is 6.92 Å². The zero-order valence-electron chi connectivity index (χ0n) is 9.97. The van der Waals surface area contributed by atoms with Crippen molar-refractivity contribution < 1.29 is 14.0 Å². The molecule has 1 aromatic heterocycles. The summed E-state index contributed by atoms with van der Waals surface area (Å²) in [7, 11) is 0. The van der Waals surface area contributed by atoms with Gasteiger partial charge >= 0.3 is 0 Å². The van der Waals surface area contributed by atoms with Crippen LogP contribution in [-0.4, -0.2) is 18.2 Å². The van der Waals surface area contributed by atoms with Crippen LogP contribution in [-0.2, 0) is 0 Å². The van der Waals surface area contributed by atoms with E-state index in [0.717, 1.165) is 5.56 Å². The highest BCUT2D eigenvalue weighted by Gasteiger charge is 2.13. The number of carbonyl (C=O) groups excluding carboxylic acids is 2. The third-order valence-corrected chi connectivity index (χ3v) is 2.57. The van der Waals surface area contributed by atoms with E-state index >= 15 is 0 Å². The molecule has 18 heavy (non-hydrogen) atoms. The minimum atomic E-state index is -0.373. The van der Waals surface area contributed by atoms with E-state index in [1.165, 1.54) is 6.26 Å². The lowest BCUT2D eigenvalue weighted by atomic mass is 10.1. The lowest BCUT2D eigenvalue weighted by molar-refractivity contribution is 0.0884. The molecule has 0 saturated carbocycles. The highest BCUT2D eigenvalue weighted by atomic mass is 16.3. The summed E-state index contributed by atoms with van der Waals surface area (Å²) in [5.74, 6) is -0.259. The van der Waals surface area contributed by atoms with Crippen molar-refractivity contribution >= 4 is 11.7 Å². The van der Waals surface area contributed by atoms with E-state index in [1.807, 2.05) is 6.07 Å². The monoisotopic (exact) mass is 243 g/mol. The lowest BCUT2D eigenvalue weighted by Gasteiger charge is -2.03. The van der Waals surface area contributed by atoms with Crippen LogP contribution in [0.1, 0.15) is 26.5 Å². The van der Waals surface area contributed by atoms with Crippen molar-refractivity contribution in [2.24, 2.45) is 0 Å². The van der Waals surface area contributed by atoms with Crippen molar-refractivity contribution in [3.8, 4) is 0 Å². The molecule has 0 fully saturated rings. The summed E-state index contributed by atoms with van der Waals surface area (Å²) in [6.45, 7) is 1.74. The van der Waals surface area contributed by atoms with Gasteiger partial charge in [0, 0.05) is 11.1 Å². The van der Waals surface area contributed by atoms with Gasteiger partial charge in [0.25, 0.3) is 5.91 Å². The molecule has 0 unspecified atom stereocenters. The third kappa shape index (κ3) is 2.66. The van der Waals surface area contributed by atoms with Gasteiger partial charge in [-0.2, -0.15) is 0 Å². The first-order chi connectivity index (χ1) is 8.68. The summed E-state index contributed by atoms with van der Waals surface area (Å²) in [6.07, 6.45) is 1.45. The number of carbonyl (C=O) groups is 2. The van der Waals surface area contributed by atoms with Crippen LogP contribution in [0.2, 0.25) is 0 Å². The van der Waals surface area contributed by atoms with E-state index in [9.17, 15) is 9.59 Å². The Bertz CT molecular complexity index is 557. The molecule has 0 radical (unpaired) electrons. The Hall–Kier alpha value is -2.36. The second-order valence-electron chi connectivity index (χ2n) is 3.90. The predicted octanol–water partition coefficient (Wildman–Crippen LogP) is 2.20. The Kier molecular flexibility index (Phi) is 3.57. The SMILES string of the molecule is Cc1ccoc1C(=O)NCC(=O)c1ccccc1. The smallest absolute Gasteiger partial charge is 0.287 e. The zero-order chi connectivity index (χ0) is 13.0. The molecule has 0 aliphatic rings. The van der Waals surface area contributed by atoms with Crippen molar-refractivity contribution in [2.45, 2.75) is 6.92 Å². The van der Waals surface area contributed by atoms with E-state index in [4.69, 9.17) is 4.42 Å².